The average Bonchev–Trinajstić information content (AvgIpc) is 3.51. The van der Waals surface area contributed by atoms with Gasteiger partial charge >= 0.3 is 0 Å². The third kappa shape index (κ3) is 5.47. The van der Waals surface area contributed by atoms with Gasteiger partial charge in [-0.15, -0.1) is 11.3 Å². The minimum atomic E-state index is -0.866. The van der Waals surface area contributed by atoms with Gasteiger partial charge in [-0.2, -0.15) is 0 Å². The zero-order valence-electron chi connectivity index (χ0n) is 18.4. The Labute approximate surface area is 205 Å². The van der Waals surface area contributed by atoms with Crippen LogP contribution in [0.5, 0.6) is 0 Å². The Morgan fingerprint density at radius 3 is 2.68 bits per heavy atom. The van der Waals surface area contributed by atoms with Crippen LogP contribution in [0.15, 0.2) is 66.2 Å². The van der Waals surface area contributed by atoms with E-state index in [1.165, 1.54) is 11.3 Å². The second kappa shape index (κ2) is 10.5. The van der Waals surface area contributed by atoms with Gasteiger partial charge in [0.1, 0.15) is 6.04 Å². The van der Waals surface area contributed by atoms with Crippen molar-refractivity contribution in [2.75, 3.05) is 11.9 Å². The number of amides is 3. The summed E-state index contributed by atoms with van der Waals surface area (Å²) in [5, 5.41) is 11.5. The number of hydrogen-bond acceptors (Lipinski definition) is 4. The summed E-state index contributed by atoms with van der Waals surface area (Å²) in [6.45, 7) is 1.55. The van der Waals surface area contributed by atoms with Gasteiger partial charge in [-0.3, -0.25) is 14.4 Å². The molecule has 0 saturated heterocycles. The molecule has 0 spiro atoms. The number of carbonyl (C=O) groups is 3. The van der Waals surface area contributed by atoms with Crippen molar-refractivity contribution in [1.29, 1.82) is 0 Å². The highest BCUT2D eigenvalue weighted by molar-refractivity contribution is 7.12. The molecule has 7 nitrogen and oxygen atoms in total. The lowest BCUT2D eigenvalue weighted by molar-refractivity contribution is -0.125. The number of fused-ring (bicyclic) bond motifs is 1. The Kier molecular flexibility index (Phi) is 7.30. The molecule has 0 aliphatic carbocycles. The normalized spacial score (nSPS) is 11.7. The summed E-state index contributed by atoms with van der Waals surface area (Å²) in [7, 11) is 0. The van der Waals surface area contributed by atoms with Crippen LogP contribution in [0.4, 0.5) is 5.69 Å². The maximum Gasteiger partial charge on any atom is 0.262 e. The van der Waals surface area contributed by atoms with Gasteiger partial charge in [-0.05, 0) is 47.7 Å². The van der Waals surface area contributed by atoms with Crippen LogP contribution < -0.4 is 16.0 Å². The van der Waals surface area contributed by atoms with Gasteiger partial charge < -0.3 is 20.9 Å². The monoisotopic (exact) mass is 494 g/mol. The van der Waals surface area contributed by atoms with Crippen molar-refractivity contribution >= 4 is 57.2 Å². The topological polar surface area (TPSA) is 103 Å². The smallest absolute Gasteiger partial charge is 0.262 e. The molecular formula is C25H23ClN4O3S. The van der Waals surface area contributed by atoms with E-state index < -0.39 is 17.9 Å². The van der Waals surface area contributed by atoms with Crippen LogP contribution in [0, 0.1) is 6.92 Å². The van der Waals surface area contributed by atoms with Gasteiger partial charge in [0.05, 0.1) is 11.4 Å². The summed E-state index contributed by atoms with van der Waals surface area (Å²) >= 11 is 7.40. The largest absolute Gasteiger partial charge is 0.361 e. The molecule has 34 heavy (non-hydrogen) atoms. The highest BCUT2D eigenvalue weighted by atomic mass is 35.5. The number of H-pyrrole nitrogens is 1. The molecule has 0 aliphatic rings. The number of benzene rings is 2. The number of carbonyl (C=O) groups excluding carboxylic acids is 3. The van der Waals surface area contributed by atoms with Crippen LogP contribution in [0.25, 0.3) is 10.9 Å². The van der Waals surface area contributed by atoms with E-state index in [2.05, 4.69) is 20.9 Å². The maximum atomic E-state index is 13.1. The fourth-order valence-corrected chi connectivity index (χ4v) is 4.40. The van der Waals surface area contributed by atoms with Gasteiger partial charge in [0, 0.05) is 34.2 Å². The van der Waals surface area contributed by atoms with Crippen LogP contribution in [-0.2, 0) is 16.0 Å². The highest BCUT2D eigenvalue weighted by Gasteiger charge is 2.24. The Morgan fingerprint density at radius 2 is 1.88 bits per heavy atom. The third-order valence-electron chi connectivity index (χ3n) is 5.43. The van der Waals surface area contributed by atoms with Crippen LogP contribution >= 0.6 is 22.9 Å². The maximum absolute atomic E-state index is 13.1. The van der Waals surface area contributed by atoms with Crippen molar-refractivity contribution in [3.63, 3.8) is 0 Å². The Morgan fingerprint density at radius 1 is 1.06 bits per heavy atom. The van der Waals surface area contributed by atoms with E-state index >= 15 is 0 Å². The number of nitrogens with one attached hydrogen (secondary N) is 4. The van der Waals surface area contributed by atoms with E-state index in [1.54, 1.807) is 42.6 Å². The molecule has 2 heterocycles. The van der Waals surface area contributed by atoms with Crippen LogP contribution in [0.1, 0.15) is 20.8 Å². The van der Waals surface area contributed by atoms with E-state index in [9.17, 15) is 14.4 Å². The molecule has 3 amide bonds. The zero-order chi connectivity index (χ0) is 24.1. The molecule has 0 radical (unpaired) electrons. The number of anilines is 1. The number of rotatable bonds is 8. The molecule has 4 rings (SSSR count). The summed E-state index contributed by atoms with van der Waals surface area (Å²) in [6.07, 6.45) is 2.10. The lowest BCUT2D eigenvalue weighted by Crippen LogP contribution is -2.49. The molecule has 0 bridgehead atoms. The molecule has 0 aliphatic heterocycles. The van der Waals surface area contributed by atoms with Gasteiger partial charge in [0.2, 0.25) is 11.8 Å². The first-order valence-corrected chi connectivity index (χ1v) is 11.9. The Bertz CT molecular complexity index is 1330. The zero-order valence-corrected chi connectivity index (χ0v) is 19.9. The fourth-order valence-electron chi connectivity index (χ4n) is 3.59. The molecule has 0 unspecified atom stereocenters. The standard InChI is InChI=1S/C25H23ClN4O3S/c1-15-18(26)7-4-9-19(15)29-23(31)14-28-24(32)21(30-25(33)22-10-5-11-34-22)12-16-13-27-20-8-3-2-6-17(16)20/h2-11,13,21,27H,12,14H2,1H3,(H,28,32)(H,29,31)(H,30,33)/t21-/m0/s1. The van der Waals surface area contributed by atoms with E-state index in [4.69, 9.17) is 11.6 Å². The summed E-state index contributed by atoms with van der Waals surface area (Å²) in [6, 6.07) is 15.6. The van der Waals surface area contributed by atoms with Gasteiger partial charge in [-0.1, -0.05) is 41.9 Å². The second-order valence-corrected chi connectivity index (χ2v) is 9.10. The van der Waals surface area contributed by atoms with E-state index in [0.29, 0.717) is 15.6 Å². The predicted octanol–water partition coefficient (Wildman–Crippen LogP) is 4.29. The predicted molar refractivity (Wildman–Crippen MR) is 135 cm³/mol. The average molecular weight is 495 g/mol. The number of para-hydroxylation sites is 1. The molecule has 4 N–H and O–H groups in total. The molecule has 9 heteroatoms. The molecule has 2 aromatic carbocycles. The molecule has 1 atom stereocenters. The lowest BCUT2D eigenvalue weighted by Gasteiger charge is -2.18. The van der Waals surface area contributed by atoms with Gasteiger partial charge in [-0.25, -0.2) is 0 Å². The molecule has 2 aromatic heterocycles. The van der Waals surface area contributed by atoms with Crippen molar-refractivity contribution in [2.45, 2.75) is 19.4 Å². The molecule has 174 valence electrons. The van der Waals surface area contributed by atoms with E-state index in [0.717, 1.165) is 22.0 Å². The lowest BCUT2D eigenvalue weighted by atomic mass is 10.0. The molecule has 4 aromatic rings. The quantitative estimate of drug-likeness (QED) is 0.294. The fraction of sp³-hybridized carbons (Fsp3) is 0.160. The third-order valence-corrected chi connectivity index (χ3v) is 6.71. The number of aromatic nitrogens is 1. The minimum Gasteiger partial charge on any atom is -0.361 e. The number of thiophene rings is 1. The van der Waals surface area contributed by atoms with Crippen LogP contribution in [0.3, 0.4) is 0 Å². The second-order valence-electron chi connectivity index (χ2n) is 7.75. The van der Waals surface area contributed by atoms with Crippen molar-refractivity contribution in [3.8, 4) is 0 Å². The summed E-state index contributed by atoms with van der Waals surface area (Å²) < 4.78 is 0. The van der Waals surface area contributed by atoms with Crippen molar-refractivity contribution < 1.29 is 14.4 Å². The Hall–Kier alpha value is -3.62. The molecule has 0 saturated carbocycles. The van der Waals surface area contributed by atoms with E-state index in [-0.39, 0.29) is 18.9 Å². The van der Waals surface area contributed by atoms with Crippen LogP contribution in [0.2, 0.25) is 5.02 Å². The number of aromatic amines is 1. The molecule has 0 fully saturated rings. The minimum absolute atomic E-state index is 0.246. The number of halogens is 1. The first kappa shape index (κ1) is 23.5. The number of hydrogen-bond donors (Lipinski definition) is 4. The highest BCUT2D eigenvalue weighted by Crippen LogP contribution is 2.23. The van der Waals surface area contributed by atoms with Crippen molar-refractivity contribution in [2.24, 2.45) is 0 Å². The Balaban J connectivity index is 1.46. The first-order valence-electron chi connectivity index (χ1n) is 10.6. The SMILES string of the molecule is Cc1c(Cl)cccc1NC(=O)CNC(=O)[C@H](Cc1c[nH]c2ccccc12)NC(=O)c1cccs1. The first-order chi connectivity index (χ1) is 16.4. The summed E-state index contributed by atoms with van der Waals surface area (Å²) in [5.41, 5.74) is 3.15. The summed E-state index contributed by atoms with van der Waals surface area (Å²) in [5.74, 6) is -1.18. The van der Waals surface area contributed by atoms with E-state index in [1.807, 2.05) is 30.5 Å². The molecular weight excluding hydrogens is 472 g/mol. The van der Waals surface area contributed by atoms with Crippen molar-refractivity contribution in [1.82, 2.24) is 15.6 Å². The van der Waals surface area contributed by atoms with Gasteiger partial charge in [0.25, 0.3) is 5.91 Å². The van der Waals surface area contributed by atoms with Crippen LogP contribution in [-0.4, -0.2) is 35.3 Å². The van der Waals surface area contributed by atoms with Gasteiger partial charge in [0.15, 0.2) is 0 Å². The summed E-state index contributed by atoms with van der Waals surface area (Å²) in [4.78, 5) is 41.9. The van der Waals surface area contributed by atoms with Crippen molar-refractivity contribution in [3.05, 3.63) is 87.2 Å².